The highest BCUT2D eigenvalue weighted by atomic mass is 32.1. The van der Waals surface area contributed by atoms with Gasteiger partial charge in [-0.25, -0.2) is 4.79 Å². The van der Waals surface area contributed by atoms with Crippen molar-refractivity contribution in [2.45, 2.75) is 26.2 Å². The average Bonchev–Trinajstić information content (AvgIpc) is 2.48. The number of hydrogen-bond acceptors (Lipinski definition) is 4. The van der Waals surface area contributed by atoms with Crippen LogP contribution in [0.4, 0.5) is 0 Å². The normalized spacial score (nSPS) is 10.1. The number of hydrogen-bond donors (Lipinski definition) is 1. The predicted octanol–water partition coefficient (Wildman–Crippen LogP) is 1.58. The van der Waals surface area contributed by atoms with Crippen molar-refractivity contribution >= 4 is 17.5 Å². The van der Waals surface area contributed by atoms with Gasteiger partial charge < -0.3 is 5.11 Å². The third-order valence-electron chi connectivity index (χ3n) is 1.52. The Bertz CT molecular complexity index is 272. The van der Waals surface area contributed by atoms with Crippen LogP contribution in [-0.4, -0.2) is 20.7 Å². The second-order valence-corrected chi connectivity index (χ2v) is 3.29. The van der Waals surface area contributed by atoms with Crippen molar-refractivity contribution in [3.05, 3.63) is 10.6 Å². The van der Waals surface area contributed by atoms with Gasteiger partial charge in [-0.3, -0.25) is 0 Å². The molecule has 0 spiro atoms. The Labute approximate surface area is 74.4 Å². The van der Waals surface area contributed by atoms with Gasteiger partial charge in [-0.15, -0.1) is 5.10 Å². The van der Waals surface area contributed by atoms with Crippen molar-refractivity contribution < 1.29 is 9.90 Å². The summed E-state index contributed by atoms with van der Waals surface area (Å²) < 4.78 is 3.61. The minimum absolute atomic E-state index is 0.119. The lowest BCUT2D eigenvalue weighted by Gasteiger charge is -1.93. The molecule has 1 heterocycles. The molecule has 4 nitrogen and oxygen atoms in total. The zero-order valence-corrected chi connectivity index (χ0v) is 7.60. The molecule has 1 rings (SSSR count). The van der Waals surface area contributed by atoms with Crippen LogP contribution in [0.5, 0.6) is 0 Å². The van der Waals surface area contributed by atoms with E-state index in [1.807, 2.05) is 0 Å². The Morgan fingerprint density at radius 2 is 2.42 bits per heavy atom. The molecule has 0 aliphatic carbocycles. The van der Waals surface area contributed by atoms with Crippen molar-refractivity contribution in [2.24, 2.45) is 0 Å². The van der Waals surface area contributed by atoms with Crippen molar-refractivity contribution in [3.8, 4) is 0 Å². The van der Waals surface area contributed by atoms with Gasteiger partial charge in [-0.05, 0) is 24.4 Å². The van der Waals surface area contributed by atoms with Crippen LogP contribution in [0.15, 0.2) is 0 Å². The molecule has 0 bridgehead atoms. The van der Waals surface area contributed by atoms with E-state index in [-0.39, 0.29) is 5.69 Å². The molecule has 0 atom stereocenters. The molecule has 0 saturated carbocycles. The van der Waals surface area contributed by atoms with Crippen LogP contribution in [0.3, 0.4) is 0 Å². The highest BCUT2D eigenvalue weighted by Gasteiger charge is 2.13. The van der Waals surface area contributed by atoms with Crippen LogP contribution in [0.25, 0.3) is 0 Å². The molecule has 1 N–H and O–H groups in total. The fraction of sp³-hybridized carbons (Fsp3) is 0.571. The first-order chi connectivity index (χ1) is 5.75. The van der Waals surface area contributed by atoms with E-state index in [4.69, 9.17) is 5.11 Å². The van der Waals surface area contributed by atoms with Gasteiger partial charge >= 0.3 is 5.97 Å². The maximum atomic E-state index is 10.6. The lowest BCUT2D eigenvalue weighted by Crippen LogP contribution is -2.00. The van der Waals surface area contributed by atoms with E-state index in [9.17, 15) is 4.79 Å². The summed E-state index contributed by atoms with van der Waals surface area (Å²) in [5, 5.41) is 12.2. The van der Waals surface area contributed by atoms with Gasteiger partial charge in [0.15, 0.2) is 5.69 Å². The van der Waals surface area contributed by atoms with E-state index in [1.54, 1.807) is 0 Å². The lowest BCUT2D eigenvalue weighted by molar-refractivity contribution is 0.0689. The Balaban J connectivity index is 2.70. The topological polar surface area (TPSA) is 63.1 Å². The summed E-state index contributed by atoms with van der Waals surface area (Å²) in [5.74, 6) is -0.977. The van der Waals surface area contributed by atoms with Gasteiger partial charge in [0.1, 0.15) is 0 Å². The molecule has 0 aromatic carbocycles. The molecule has 0 fully saturated rings. The maximum Gasteiger partial charge on any atom is 0.357 e. The Kier molecular flexibility index (Phi) is 3.16. The zero-order valence-electron chi connectivity index (χ0n) is 6.78. The summed E-state index contributed by atoms with van der Waals surface area (Å²) in [6.45, 7) is 2.06. The summed E-state index contributed by atoms with van der Waals surface area (Å²) in [5.41, 5.74) is 0.119. The molecule has 5 heteroatoms. The quantitative estimate of drug-likeness (QED) is 0.775. The van der Waals surface area contributed by atoms with E-state index in [0.29, 0.717) is 0 Å². The van der Waals surface area contributed by atoms with Gasteiger partial charge in [-0.2, -0.15) is 0 Å². The highest BCUT2D eigenvalue weighted by Crippen LogP contribution is 2.13. The van der Waals surface area contributed by atoms with Crippen molar-refractivity contribution in [1.82, 2.24) is 9.59 Å². The third kappa shape index (κ3) is 2.01. The first kappa shape index (κ1) is 9.12. The van der Waals surface area contributed by atoms with E-state index >= 15 is 0 Å². The number of unbranched alkanes of at least 4 members (excludes halogenated alkanes) is 1. The molecular weight excluding hydrogens is 176 g/mol. The monoisotopic (exact) mass is 186 g/mol. The van der Waals surface area contributed by atoms with Crippen LogP contribution < -0.4 is 0 Å². The van der Waals surface area contributed by atoms with Crippen LogP contribution >= 0.6 is 11.5 Å². The van der Waals surface area contributed by atoms with Crippen LogP contribution in [0.2, 0.25) is 0 Å². The van der Waals surface area contributed by atoms with E-state index in [2.05, 4.69) is 16.5 Å². The number of aryl methyl sites for hydroxylation is 1. The van der Waals surface area contributed by atoms with Crippen LogP contribution in [-0.2, 0) is 6.42 Å². The van der Waals surface area contributed by atoms with Crippen LogP contribution in [0, 0.1) is 0 Å². The third-order valence-corrected chi connectivity index (χ3v) is 2.30. The van der Waals surface area contributed by atoms with Gasteiger partial charge in [0.05, 0.1) is 4.88 Å². The first-order valence-electron chi connectivity index (χ1n) is 3.80. The predicted molar refractivity (Wildman–Crippen MR) is 45.5 cm³/mol. The number of rotatable bonds is 4. The number of nitrogens with zero attached hydrogens (tertiary/aromatic N) is 2. The zero-order chi connectivity index (χ0) is 8.97. The van der Waals surface area contributed by atoms with E-state index in [0.717, 1.165) is 24.1 Å². The maximum absolute atomic E-state index is 10.6. The number of aromatic carboxylic acids is 1. The van der Waals surface area contributed by atoms with Crippen molar-refractivity contribution in [3.63, 3.8) is 0 Å². The van der Waals surface area contributed by atoms with Gasteiger partial charge in [-0.1, -0.05) is 17.8 Å². The van der Waals surface area contributed by atoms with Crippen molar-refractivity contribution in [1.29, 1.82) is 0 Å². The minimum atomic E-state index is -0.977. The molecular formula is C7H10N2O2S. The van der Waals surface area contributed by atoms with E-state index in [1.165, 1.54) is 11.5 Å². The summed E-state index contributed by atoms with van der Waals surface area (Å²) in [4.78, 5) is 11.3. The summed E-state index contributed by atoms with van der Waals surface area (Å²) in [7, 11) is 0. The average molecular weight is 186 g/mol. The largest absolute Gasteiger partial charge is 0.476 e. The Hall–Kier alpha value is -0.970. The molecule has 0 saturated heterocycles. The highest BCUT2D eigenvalue weighted by molar-refractivity contribution is 7.05. The summed E-state index contributed by atoms with van der Waals surface area (Å²) >= 11 is 1.18. The molecule has 0 aliphatic heterocycles. The smallest absolute Gasteiger partial charge is 0.357 e. The molecule has 1 aromatic heterocycles. The number of carboxylic acid groups (broad SMARTS) is 1. The van der Waals surface area contributed by atoms with Crippen molar-refractivity contribution in [2.75, 3.05) is 0 Å². The van der Waals surface area contributed by atoms with Gasteiger partial charge in [0, 0.05) is 0 Å². The SMILES string of the molecule is CCCCc1snnc1C(=O)O. The summed E-state index contributed by atoms with van der Waals surface area (Å²) in [6, 6.07) is 0. The van der Waals surface area contributed by atoms with Gasteiger partial charge in [0.2, 0.25) is 0 Å². The molecule has 0 amide bonds. The first-order valence-corrected chi connectivity index (χ1v) is 4.57. The molecule has 0 aliphatic rings. The summed E-state index contributed by atoms with van der Waals surface area (Å²) in [6.07, 6.45) is 2.82. The van der Waals surface area contributed by atoms with Gasteiger partial charge in [0.25, 0.3) is 0 Å². The van der Waals surface area contributed by atoms with E-state index < -0.39 is 5.97 Å². The molecule has 12 heavy (non-hydrogen) atoms. The number of carboxylic acids is 1. The molecule has 0 radical (unpaired) electrons. The Morgan fingerprint density at radius 3 is 3.00 bits per heavy atom. The second-order valence-electron chi connectivity index (χ2n) is 2.45. The standard InChI is InChI=1S/C7H10N2O2S/c1-2-3-4-5-6(7(10)11)8-9-12-5/h2-4H2,1H3,(H,10,11). The van der Waals surface area contributed by atoms with Crippen LogP contribution in [0.1, 0.15) is 35.1 Å². The molecule has 1 aromatic rings. The fourth-order valence-electron chi connectivity index (χ4n) is 0.873. The number of aromatic nitrogens is 2. The molecule has 66 valence electrons. The Morgan fingerprint density at radius 1 is 1.67 bits per heavy atom. The lowest BCUT2D eigenvalue weighted by atomic mass is 10.2. The fourth-order valence-corrected chi connectivity index (χ4v) is 1.54. The number of carbonyl (C=O) groups is 1. The molecule has 0 unspecified atom stereocenters. The minimum Gasteiger partial charge on any atom is -0.476 e. The second kappa shape index (κ2) is 4.15.